The fraction of sp³-hybridized carbons (Fsp3) is 0.167. The average molecular weight is 268 g/mol. The molecule has 0 aliphatic carbocycles. The van der Waals surface area contributed by atoms with Crippen molar-refractivity contribution in [3.05, 3.63) is 50.4 Å². The highest BCUT2D eigenvalue weighted by atomic mass is 35.5. The van der Waals surface area contributed by atoms with Gasteiger partial charge in [0.2, 0.25) is 0 Å². The maximum absolute atomic E-state index is 10.9. The van der Waals surface area contributed by atoms with Gasteiger partial charge in [0.05, 0.1) is 10.7 Å². The maximum Gasteiger partial charge on any atom is 0.347 e. The minimum Gasteiger partial charge on any atom is -0.477 e. The summed E-state index contributed by atoms with van der Waals surface area (Å²) in [6.07, 6.45) is 0.610. The summed E-state index contributed by atoms with van der Waals surface area (Å²) in [7, 11) is 0. The Hall–Kier alpha value is -1.39. The standard InChI is InChI=1S/C12H10ClNO2S/c1-7-11(12(15)16)17-10(14-7)6-8-3-2-4-9(13)5-8/h2-5H,6H2,1H3,(H,15,16). The molecule has 0 spiro atoms. The van der Waals surface area contributed by atoms with Gasteiger partial charge >= 0.3 is 5.97 Å². The fourth-order valence-corrected chi connectivity index (χ4v) is 2.70. The fourth-order valence-electron chi connectivity index (χ4n) is 1.55. The third-order valence-electron chi connectivity index (χ3n) is 2.28. The van der Waals surface area contributed by atoms with Crippen molar-refractivity contribution in [2.24, 2.45) is 0 Å². The number of hydrogen-bond donors (Lipinski definition) is 1. The van der Waals surface area contributed by atoms with Crippen LogP contribution in [0.4, 0.5) is 0 Å². The zero-order valence-corrected chi connectivity index (χ0v) is 10.7. The minimum absolute atomic E-state index is 0.307. The molecule has 2 aromatic rings. The van der Waals surface area contributed by atoms with Gasteiger partial charge in [-0.15, -0.1) is 11.3 Å². The van der Waals surface area contributed by atoms with E-state index in [1.54, 1.807) is 13.0 Å². The third-order valence-corrected chi connectivity index (χ3v) is 3.66. The second-order valence-electron chi connectivity index (χ2n) is 3.63. The summed E-state index contributed by atoms with van der Waals surface area (Å²) in [5, 5.41) is 10.4. The number of thiazole rings is 1. The number of rotatable bonds is 3. The molecular weight excluding hydrogens is 258 g/mol. The van der Waals surface area contributed by atoms with E-state index in [-0.39, 0.29) is 0 Å². The van der Waals surface area contributed by atoms with Gasteiger partial charge in [0.1, 0.15) is 4.88 Å². The maximum atomic E-state index is 10.9. The van der Waals surface area contributed by atoms with Gasteiger partial charge in [-0.3, -0.25) is 0 Å². The lowest BCUT2D eigenvalue weighted by Gasteiger charge is -1.97. The molecule has 0 saturated heterocycles. The molecule has 0 bridgehead atoms. The van der Waals surface area contributed by atoms with Crippen LogP contribution in [0.5, 0.6) is 0 Å². The van der Waals surface area contributed by atoms with E-state index in [0.29, 0.717) is 22.0 Å². The normalized spacial score (nSPS) is 10.5. The molecule has 2 rings (SSSR count). The van der Waals surface area contributed by atoms with E-state index in [1.165, 1.54) is 11.3 Å². The monoisotopic (exact) mass is 267 g/mol. The number of benzene rings is 1. The largest absolute Gasteiger partial charge is 0.477 e. The zero-order chi connectivity index (χ0) is 12.4. The molecule has 1 aromatic carbocycles. The molecule has 3 nitrogen and oxygen atoms in total. The van der Waals surface area contributed by atoms with Crippen molar-refractivity contribution in [2.45, 2.75) is 13.3 Å². The summed E-state index contributed by atoms with van der Waals surface area (Å²) < 4.78 is 0. The Kier molecular flexibility index (Phi) is 3.45. The highest BCUT2D eigenvalue weighted by Gasteiger charge is 2.13. The van der Waals surface area contributed by atoms with Crippen LogP contribution in [0.25, 0.3) is 0 Å². The van der Waals surface area contributed by atoms with Gasteiger partial charge in [-0.2, -0.15) is 0 Å². The summed E-state index contributed by atoms with van der Waals surface area (Å²) >= 11 is 7.10. The molecule has 1 aromatic heterocycles. The van der Waals surface area contributed by atoms with E-state index in [9.17, 15) is 4.79 Å². The number of aromatic carboxylic acids is 1. The first-order chi connectivity index (χ1) is 8.06. The molecule has 5 heteroatoms. The number of carbonyl (C=O) groups is 1. The predicted octanol–water partition coefficient (Wildman–Crippen LogP) is 3.39. The predicted molar refractivity (Wildman–Crippen MR) is 68.1 cm³/mol. The molecule has 0 fully saturated rings. The van der Waals surface area contributed by atoms with Gasteiger partial charge in [-0.05, 0) is 24.6 Å². The number of carboxylic acids is 1. The molecule has 0 unspecified atom stereocenters. The van der Waals surface area contributed by atoms with Crippen LogP contribution in [0.1, 0.15) is 25.9 Å². The Morgan fingerprint density at radius 3 is 2.88 bits per heavy atom. The van der Waals surface area contributed by atoms with Crippen molar-refractivity contribution in [3.63, 3.8) is 0 Å². The molecule has 0 atom stereocenters. The molecular formula is C12H10ClNO2S. The van der Waals surface area contributed by atoms with Crippen LogP contribution in [0.15, 0.2) is 24.3 Å². The number of aryl methyl sites for hydroxylation is 1. The highest BCUT2D eigenvalue weighted by Crippen LogP contribution is 2.21. The number of carboxylic acid groups (broad SMARTS) is 1. The molecule has 0 saturated carbocycles. The molecule has 0 aliphatic rings. The second-order valence-corrected chi connectivity index (χ2v) is 5.15. The summed E-state index contributed by atoms with van der Waals surface area (Å²) in [4.78, 5) is 15.4. The van der Waals surface area contributed by atoms with Crippen molar-refractivity contribution >= 4 is 28.9 Å². The van der Waals surface area contributed by atoms with Crippen molar-refractivity contribution in [3.8, 4) is 0 Å². The number of hydrogen-bond acceptors (Lipinski definition) is 3. The van der Waals surface area contributed by atoms with Crippen LogP contribution in [-0.4, -0.2) is 16.1 Å². The van der Waals surface area contributed by atoms with E-state index in [2.05, 4.69) is 4.98 Å². The Bertz CT molecular complexity index is 565. The minimum atomic E-state index is -0.919. The smallest absolute Gasteiger partial charge is 0.347 e. The van der Waals surface area contributed by atoms with E-state index in [0.717, 1.165) is 10.6 Å². The average Bonchev–Trinajstić information content (AvgIpc) is 2.59. The van der Waals surface area contributed by atoms with Crippen LogP contribution < -0.4 is 0 Å². The van der Waals surface area contributed by atoms with Crippen LogP contribution in [0, 0.1) is 6.92 Å². The summed E-state index contributed by atoms with van der Waals surface area (Å²) in [6.45, 7) is 1.71. The van der Waals surface area contributed by atoms with Crippen molar-refractivity contribution in [1.29, 1.82) is 0 Å². The van der Waals surface area contributed by atoms with E-state index >= 15 is 0 Å². The van der Waals surface area contributed by atoms with E-state index in [4.69, 9.17) is 16.7 Å². The Morgan fingerprint density at radius 1 is 1.53 bits per heavy atom. The van der Waals surface area contributed by atoms with Crippen molar-refractivity contribution in [2.75, 3.05) is 0 Å². The molecule has 0 amide bonds. The SMILES string of the molecule is Cc1nc(Cc2cccc(Cl)c2)sc1C(=O)O. The third kappa shape index (κ3) is 2.84. The quantitative estimate of drug-likeness (QED) is 0.927. The Morgan fingerprint density at radius 2 is 2.29 bits per heavy atom. The number of halogens is 1. The van der Waals surface area contributed by atoms with Gasteiger partial charge in [0, 0.05) is 11.4 Å². The molecule has 17 heavy (non-hydrogen) atoms. The Labute approximate surface area is 108 Å². The number of aromatic nitrogens is 1. The van der Waals surface area contributed by atoms with Crippen LogP contribution >= 0.6 is 22.9 Å². The Balaban J connectivity index is 2.25. The van der Waals surface area contributed by atoms with Gasteiger partial charge in [0.25, 0.3) is 0 Å². The second kappa shape index (κ2) is 4.85. The van der Waals surface area contributed by atoms with Crippen LogP contribution in [0.2, 0.25) is 5.02 Å². The first-order valence-electron chi connectivity index (χ1n) is 5.00. The topological polar surface area (TPSA) is 50.2 Å². The molecule has 88 valence electrons. The summed E-state index contributed by atoms with van der Waals surface area (Å²) in [5.41, 5.74) is 1.60. The molecule has 1 heterocycles. The van der Waals surface area contributed by atoms with Crippen molar-refractivity contribution < 1.29 is 9.90 Å². The first kappa shape index (κ1) is 12.1. The number of nitrogens with zero attached hydrogens (tertiary/aromatic N) is 1. The van der Waals surface area contributed by atoms with E-state index < -0.39 is 5.97 Å². The zero-order valence-electron chi connectivity index (χ0n) is 9.11. The molecule has 0 radical (unpaired) electrons. The van der Waals surface area contributed by atoms with Gasteiger partial charge in [-0.25, -0.2) is 9.78 Å². The summed E-state index contributed by atoms with van der Waals surface area (Å²) in [6, 6.07) is 7.48. The van der Waals surface area contributed by atoms with E-state index in [1.807, 2.05) is 18.2 Å². The van der Waals surface area contributed by atoms with Gasteiger partial charge in [0.15, 0.2) is 0 Å². The highest BCUT2D eigenvalue weighted by molar-refractivity contribution is 7.13. The van der Waals surface area contributed by atoms with Crippen molar-refractivity contribution in [1.82, 2.24) is 4.98 Å². The molecule has 1 N–H and O–H groups in total. The van der Waals surface area contributed by atoms with Gasteiger partial charge < -0.3 is 5.11 Å². The lowest BCUT2D eigenvalue weighted by molar-refractivity contribution is 0.0701. The first-order valence-corrected chi connectivity index (χ1v) is 6.20. The lowest BCUT2D eigenvalue weighted by Crippen LogP contribution is -1.94. The molecule has 0 aliphatic heterocycles. The lowest BCUT2D eigenvalue weighted by atomic mass is 10.2. The van der Waals surface area contributed by atoms with Gasteiger partial charge in [-0.1, -0.05) is 23.7 Å². The van der Waals surface area contributed by atoms with Crippen LogP contribution in [0.3, 0.4) is 0 Å². The summed E-state index contributed by atoms with van der Waals surface area (Å²) in [5.74, 6) is -0.919. The van der Waals surface area contributed by atoms with Crippen LogP contribution in [-0.2, 0) is 6.42 Å².